The third-order valence-corrected chi connectivity index (χ3v) is 1.08. The van der Waals surface area contributed by atoms with Gasteiger partial charge in [-0.2, -0.15) is 0 Å². The number of methoxy groups -OCH3 is 1. The number of carbonyl (C=O) groups is 1. The number of allylic oxidation sites excluding steroid dienone is 1. The molecule has 2 nitrogen and oxygen atoms in total. The van der Waals surface area contributed by atoms with Crippen molar-refractivity contribution in [1.82, 2.24) is 0 Å². The van der Waals surface area contributed by atoms with Gasteiger partial charge in [0.25, 0.3) is 0 Å². The number of hydrogen-bond acceptors (Lipinski definition) is 2. The molecule has 1 unspecified atom stereocenters. The molecule has 0 aliphatic carbocycles. The van der Waals surface area contributed by atoms with Crippen molar-refractivity contribution in [3.05, 3.63) is 12.7 Å². The van der Waals surface area contributed by atoms with E-state index < -0.39 is 12.1 Å². The van der Waals surface area contributed by atoms with Crippen molar-refractivity contribution in [2.45, 2.75) is 19.0 Å². The van der Waals surface area contributed by atoms with Gasteiger partial charge < -0.3 is 4.74 Å². The molecule has 0 aromatic carbocycles. The summed E-state index contributed by atoms with van der Waals surface area (Å²) in [7, 11) is 1.17. The Bertz CT molecular complexity index is 123. The molecule has 0 heterocycles. The highest BCUT2D eigenvalue weighted by atomic mass is 19.1. The standard InChI is InChI=1S/C7H11FO2/c1-3-4-5-6(8)7(9)10-2/h3,6H,1,4-5H2,2H3. The number of ether oxygens (including phenoxy) is 1. The predicted octanol–water partition coefficient (Wildman–Crippen LogP) is 1.46. The molecule has 0 amide bonds. The van der Waals surface area contributed by atoms with Crippen LogP contribution < -0.4 is 0 Å². The average molecular weight is 146 g/mol. The summed E-state index contributed by atoms with van der Waals surface area (Å²) in [5.74, 6) is -0.804. The molecule has 0 aromatic rings. The third-order valence-electron chi connectivity index (χ3n) is 1.08. The zero-order chi connectivity index (χ0) is 7.98. The summed E-state index contributed by atoms with van der Waals surface area (Å²) >= 11 is 0. The van der Waals surface area contributed by atoms with Crippen molar-refractivity contribution in [2.75, 3.05) is 7.11 Å². The maximum atomic E-state index is 12.5. The number of halogens is 1. The lowest BCUT2D eigenvalue weighted by molar-refractivity contribution is -0.146. The summed E-state index contributed by atoms with van der Waals surface area (Å²) < 4.78 is 16.6. The summed E-state index contributed by atoms with van der Waals surface area (Å²) in [5, 5.41) is 0. The quantitative estimate of drug-likeness (QED) is 0.443. The smallest absolute Gasteiger partial charge is 0.340 e. The van der Waals surface area contributed by atoms with Crippen LogP contribution in [0.25, 0.3) is 0 Å². The van der Waals surface area contributed by atoms with E-state index in [0.29, 0.717) is 6.42 Å². The van der Waals surface area contributed by atoms with Crippen LogP contribution in [0.4, 0.5) is 4.39 Å². The average Bonchev–Trinajstić information content (AvgIpc) is 1.98. The van der Waals surface area contributed by atoms with Crippen LogP contribution in [0.5, 0.6) is 0 Å². The van der Waals surface area contributed by atoms with Crippen LogP contribution in [0.15, 0.2) is 12.7 Å². The minimum absolute atomic E-state index is 0.163. The van der Waals surface area contributed by atoms with E-state index in [0.717, 1.165) is 0 Å². The molecule has 0 rings (SSSR count). The van der Waals surface area contributed by atoms with E-state index in [4.69, 9.17) is 0 Å². The Morgan fingerprint density at radius 2 is 2.50 bits per heavy atom. The molecule has 0 aliphatic heterocycles. The van der Waals surface area contributed by atoms with Gasteiger partial charge in [0, 0.05) is 0 Å². The van der Waals surface area contributed by atoms with Gasteiger partial charge in [-0.15, -0.1) is 6.58 Å². The van der Waals surface area contributed by atoms with Crippen molar-refractivity contribution in [1.29, 1.82) is 0 Å². The molecule has 10 heavy (non-hydrogen) atoms. The first kappa shape index (κ1) is 9.14. The lowest BCUT2D eigenvalue weighted by Crippen LogP contribution is -2.16. The lowest BCUT2D eigenvalue weighted by Gasteiger charge is -2.02. The first-order valence-corrected chi connectivity index (χ1v) is 3.05. The SMILES string of the molecule is C=CCCC(F)C(=O)OC. The number of esters is 1. The third kappa shape index (κ3) is 3.22. The van der Waals surface area contributed by atoms with Gasteiger partial charge in [-0.05, 0) is 12.8 Å². The topological polar surface area (TPSA) is 26.3 Å². The van der Waals surface area contributed by atoms with Crippen molar-refractivity contribution < 1.29 is 13.9 Å². The zero-order valence-corrected chi connectivity index (χ0v) is 5.97. The second-order valence-electron chi connectivity index (χ2n) is 1.86. The van der Waals surface area contributed by atoms with Crippen LogP contribution in [0.3, 0.4) is 0 Å². The van der Waals surface area contributed by atoms with Gasteiger partial charge in [-0.25, -0.2) is 9.18 Å². The number of carbonyl (C=O) groups excluding carboxylic acids is 1. The molecule has 0 N–H and O–H groups in total. The molecule has 3 heteroatoms. The Labute approximate surface area is 59.7 Å². The molecule has 1 atom stereocenters. The molecule has 0 saturated carbocycles. The summed E-state index contributed by atoms with van der Waals surface area (Å²) in [5.41, 5.74) is 0. The van der Waals surface area contributed by atoms with Gasteiger partial charge in [0.15, 0.2) is 6.17 Å². The van der Waals surface area contributed by atoms with Gasteiger partial charge in [0.1, 0.15) is 0 Å². The van der Waals surface area contributed by atoms with Crippen molar-refractivity contribution in [3.8, 4) is 0 Å². The zero-order valence-electron chi connectivity index (χ0n) is 5.97. The molecule has 0 aromatic heterocycles. The largest absolute Gasteiger partial charge is 0.467 e. The molecular formula is C7H11FO2. The van der Waals surface area contributed by atoms with E-state index in [1.807, 2.05) is 0 Å². The number of rotatable bonds is 4. The van der Waals surface area contributed by atoms with E-state index in [9.17, 15) is 9.18 Å². The van der Waals surface area contributed by atoms with Gasteiger partial charge in [-0.3, -0.25) is 0 Å². The number of alkyl halides is 1. The van der Waals surface area contributed by atoms with Gasteiger partial charge in [0.2, 0.25) is 0 Å². The van der Waals surface area contributed by atoms with Gasteiger partial charge in [0.05, 0.1) is 7.11 Å². The molecule has 0 bridgehead atoms. The fraction of sp³-hybridized carbons (Fsp3) is 0.571. The van der Waals surface area contributed by atoms with E-state index in [2.05, 4.69) is 11.3 Å². The highest BCUT2D eigenvalue weighted by Gasteiger charge is 2.15. The molecule has 0 aliphatic rings. The monoisotopic (exact) mass is 146 g/mol. The van der Waals surface area contributed by atoms with E-state index in [1.54, 1.807) is 6.08 Å². The van der Waals surface area contributed by atoms with Crippen LogP contribution in [-0.2, 0) is 9.53 Å². The Balaban J connectivity index is 3.50. The highest BCUT2D eigenvalue weighted by Crippen LogP contribution is 2.03. The molecule has 0 spiro atoms. The van der Waals surface area contributed by atoms with E-state index in [1.165, 1.54) is 7.11 Å². The maximum absolute atomic E-state index is 12.5. The first-order chi connectivity index (χ1) is 4.72. The molecular weight excluding hydrogens is 135 g/mol. The molecule has 58 valence electrons. The van der Waals surface area contributed by atoms with Crippen molar-refractivity contribution in [2.24, 2.45) is 0 Å². The minimum atomic E-state index is -1.50. The second-order valence-corrected chi connectivity index (χ2v) is 1.86. The Morgan fingerprint density at radius 1 is 1.90 bits per heavy atom. The van der Waals surface area contributed by atoms with E-state index in [-0.39, 0.29) is 6.42 Å². The Kier molecular flexibility index (Phi) is 4.54. The first-order valence-electron chi connectivity index (χ1n) is 3.05. The maximum Gasteiger partial charge on any atom is 0.340 e. The second kappa shape index (κ2) is 4.97. The van der Waals surface area contributed by atoms with Crippen LogP contribution in [-0.4, -0.2) is 19.3 Å². The van der Waals surface area contributed by atoms with Gasteiger partial charge in [-0.1, -0.05) is 6.08 Å². The Hall–Kier alpha value is -0.860. The summed E-state index contributed by atoms with van der Waals surface area (Å²) in [6.45, 7) is 3.40. The van der Waals surface area contributed by atoms with E-state index >= 15 is 0 Å². The summed E-state index contributed by atoms with van der Waals surface area (Å²) in [6, 6.07) is 0. The van der Waals surface area contributed by atoms with Crippen molar-refractivity contribution in [3.63, 3.8) is 0 Å². The molecule has 0 radical (unpaired) electrons. The minimum Gasteiger partial charge on any atom is -0.467 e. The van der Waals surface area contributed by atoms with Crippen LogP contribution >= 0.6 is 0 Å². The fourth-order valence-corrected chi connectivity index (χ4v) is 0.510. The van der Waals surface area contributed by atoms with Gasteiger partial charge >= 0.3 is 5.97 Å². The highest BCUT2D eigenvalue weighted by molar-refractivity contribution is 5.74. The van der Waals surface area contributed by atoms with Crippen LogP contribution in [0, 0.1) is 0 Å². The molecule has 0 saturated heterocycles. The predicted molar refractivity (Wildman–Crippen MR) is 36.3 cm³/mol. The number of hydrogen-bond donors (Lipinski definition) is 0. The van der Waals surface area contributed by atoms with Crippen molar-refractivity contribution >= 4 is 5.97 Å². The summed E-state index contributed by atoms with van der Waals surface area (Å²) in [4.78, 5) is 10.4. The fourth-order valence-electron chi connectivity index (χ4n) is 0.510. The Morgan fingerprint density at radius 3 is 2.90 bits per heavy atom. The molecule has 0 fully saturated rings. The van der Waals surface area contributed by atoms with Crippen LogP contribution in [0.2, 0.25) is 0 Å². The summed E-state index contributed by atoms with van der Waals surface area (Å²) in [6.07, 6.45) is 0.727. The lowest BCUT2D eigenvalue weighted by atomic mass is 10.2. The normalized spacial score (nSPS) is 12.2. The van der Waals surface area contributed by atoms with Crippen LogP contribution in [0.1, 0.15) is 12.8 Å².